The number of nitrogen functional groups attached to an aromatic ring is 1. The Balaban J connectivity index is 3.13. The number of aromatic nitrogens is 1. The summed E-state index contributed by atoms with van der Waals surface area (Å²) in [6.45, 7) is 0. The molecule has 0 saturated heterocycles. The molecule has 1 rings (SSSR count). The van der Waals surface area contributed by atoms with Crippen LogP contribution in [0.1, 0.15) is 10.5 Å². The predicted molar refractivity (Wildman–Crippen MR) is 43.9 cm³/mol. The normalized spacial score (nSPS) is 11.1. The van der Waals surface area contributed by atoms with E-state index in [1.165, 1.54) is 0 Å². The van der Waals surface area contributed by atoms with Crippen LogP contribution in [0.25, 0.3) is 0 Å². The number of nitrogens with zero attached hydrogens (tertiary/aromatic N) is 1. The number of rotatable bonds is 2. The van der Waals surface area contributed by atoms with E-state index in [-0.39, 0.29) is 5.69 Å². The summed E-state index contributed by atoms with van der Waals surface area (Å²) < 4.78 is 39.2. The van der Waals surface area contributed by atoms with Gasteiger partial charge in [0.2, 0.25) is 0 Å². The lowest BCUT2D eigenvalue weighted by Crippen LogP contribution is -2.22. The van der Waals surface area contributed by atoms with Crippen molar-refractivity contribution in [2.24, 2.45) is 5.73 Å². The van der Waals surface area contributed by atoms with Crippen LogP contribution in [0.3, 0.4) is 0 Å². The monoisotopic (exact) mass is 221 g/mol. The van der Waals surface area contributed by atoms with Gasteiger partial charge in [0.1, 0.15) is 0 Å². The van der Waals surface area contributed by atoms with Crippen molar-refractivity contribution in [3.63, 3.8) is 0 Å². The van der Waals surface area contributed by atoms with E-state index < -0.39 is 23.7 Å². The Hall–Kier alpha value is -1.99. The minimum atomic E-state index is -4.93. The largest absolute Gasteiger partial charge is 0.573 e. The molecule has 0 radical (unpaired) electrons. The average molecular weight is 221 g/mol. The molecular formula is C7H6F3N3O2. The van der Waals surface area contributed by atoms with Crippen LogP contribution >= 0.6 is 0 Å². The first-order valence-corrected chi connectivity index (χ1v) is 3.60. The second kappa shape index (κ2) is 3.64. The van der Waals surface area contributed by atoms with Crippen LogP contribution in [0.4, 0.5) is 18.9 Å². The Morgan fingerprint density at radius 2 is 2.07 bits per heavy atom. The second-order valence-electron chi connectivity index (χ2n) is 2.53. The number of hydrogen-bond acceptors (Lipinski definition) is 4. The van der Waals surface area contributed by atoms with E-state index in [9.17, 15) is 18.0 Å². The molecule has 0 fully saturated rings. The van der Waals surface area contributed by atoms with Crippen molar-refractivity contribution in [1.29, 1.82) is 0 Å². The van der Waals surface area contributed by atoms with Crippen LogP contribution in [0.5, 0.6) is 5.75 Å². The van der Waals surface area contributed by atoms with Gasteiger partial charge >= 0.3 is 6.36 Å². The molecule has 0 aromatic carbocycles. The smallest absolute Gasteiger partial charge is 0.403 e. The Bertz CT molecular complexity index is 392. The van der Waals surface area contributed by atoms with Gasteiger partial charge in [-0.05, 0) is 0 Å². The molecule has 1 aromatic heterocycles. The summed E-state index contributed by atoms with van der Waals surface area (Å²) in [7, 11) is 0. The van der Waals surface area contributed by atoms with Gasteiger partial charge in [0, 0.05) is 6.07 Å². The van der Waals surface area contributed by atoms with E-state index in [2.05, 4.69) is 9.72 Å². The first-order chi connectivity index (χ1) is 6.79. The molecule has 0 atom stereocenters. The number of carbonyl (C=O) groups excluding carboxylic acids is 1. The number of nitrogens with two attached hydrogens (primary N) is 2. The molecular weight excluding hydrogens is 215 g/mol. The van der Waals surface area contributed by atoms with Crippen LogP contribution < -0.4 is 16.2 Å². The van der Waals surface area contributed by atoms with Gasteiger partial charge in [0.25, 0.3) is 5.91 Å². The third-order valence-electron chi connectivity index (χ3n) is 1.33. The molecule has 0 aliphatic heterocycles. The number of carbonyl (C=O) groups is 1. The van der Waals surface area contributed by atoms with Gasteiger partial charge in [-0.2, -0.15) is 0 Å². The maximum atomic E-state index is 11.9. The lowest BCUT2D eigenvalue weighted by Gasteiger charge is -2.11. The van der Waals surface area contributed by atoms with E-state index in [1.807, 2.05) is 0 Å². The number of amides is 1. The standard InChI is InChI=1S/C7H6F3N3O2/c8-7(9,10)15-4-1-3(11)2-13-5(4)6(12)14/h1-2H,11H2,(H2,12,14). The fourth-order valence-electron chi connectivity index (χ4n) is 0.847. The topological polar surface area (TPSA) is 91.2 Å². The summed E-state index contributed by atoms with van der Waals surface area (Å²) in [4.78, 5) is 14.0. The van der Waals surface area contributed by atoms with E-state index in [1.54, 1.807) is 0 Å². The van der Waals surface area contributed by atoms with Crippen molar-refractivity contribution in [2.45, 2.75) is 6.36 Å². The Morgan fingerprint density at radius 3 is 2.53 bits per heavy atom. The summed E-state index contributed by atoms with van der Waals surface area (Å²) >= 11 is 0. The molecule has 0 aliphatic rings. The quantitative estimate of drug-likeness (QED) is 0.767. The molecule has 1 aromatic rings. The number of hydrogen-bond donors (Lipinski definition) is 2. The number of pyridine rings is 1. The van der Waals surface area contributed by atoms with Gasteiger partial charge in [-0.1, -0.05) is 0 Å². The van der Waals surface area contributed by atoms with Gasteiger partial charge in [0.05, 0.1) is 11.9 Å². The van der Waals surface area contributed by atoms with Crippen LogP contribution in [-0.2, 0) is 0 Å². The zero-order chi connectivity index (χ0) is 11.6. The van der Waals surface area contributed by atoms with Gasteiger partial charge in [-0.15, -0.1) is 13.2 Å². The Kier molecular flexibility index (Phi) is 2.69. The fraction of sp³-hybridized carbons (Fsp3) is 0.143. The highest BCUT2D eigenvalue weighted by atomic mass is 19.4. The zero-order valence-corrected chi connectivity index (χ0v) is 7.21. The summed E-state index contributed by atoms with van der Waals surface area (Å²) in [6.07, 6.45) is -3.93. The van der Waals surface area contributed by atoms with Crippen molar-refractivity contribution in [3.8, 4) is 5.75 Å². The zero-order valence-electron chi connectivity index (χ0n) is 7.21. The van der Waals surface area contributed by atoms with Gasteiger partial charge < -0.3 is 16.2 Å². The summed E-state index contributed by atoms with van der Waals surface area (Å²) in [5.41, 5.74) is 9.28. The summed E-state index contributed by atoms with van der Waals surface area (Å²) in [5.74, 6) is -1.94. The third-order valence-corrected chi connectivity index (χ3v) is 1.33. The van der Waals surface area contributed by atoms with Crippen molar-refractivity contribution in [3.05, 3.63) is 18.0 Å². The molecule has 8 heteroatoms. The summed E-state index contributed by atoms with van der Waals surface area (Å²) in [6, 6.07) is 0.820. The number of primary amides is 1. The van der Waals surface area contributed by atoms with Crippen molar-refractivity contribution < 1.29 is 22.7 Å². The van der Waals surface area contributed by atoms with Gasteiger partial charge in [-0.3, -0.25) is 4.79 Å². The SMILES string of the molecule is NC(=O)c1ncc(N)cc1OC(F)(F)F. The lowest BCUT2D eigenvalue weighted by atomic mass is 10.3. The fourth-order valence-corrected chi connectivity index (χ4v) is 0.847. The van der Waals surface area contributed by atoms with Crippen LogP contribution in [-0.4, -0.2) is 17.3 Å². The number of alkyl halides is 3. The average Bonchev–Trinajstić information content (AvgIpc) is 1.99. The first-order valence-electron chi connectivity index (χ1n) is 3.60. The van der Waals surface area contributed by atoms with Crippen molar-refractivity contribution >= 4 is 11.6 Å². The van der Waals surface area contributed by atoms with Crippen molar-refractivity contribution in [1.82, 2.24) is 4.98 Å². The molecule has 1 amide bonds. The molecule has 0 unspecified atom stereocenters. The maximum absolute atomic E-state index is 11.9. The second-order valence-corrected chi connectivity index (χ2v) is 2.53. The van der Waals surface area contributed by atoms with Crippen LogP contribution in [0.15, 0.2) is 12.3 Å². The highest BCUT2D eigenvalue weighted by Crippen LogP contribution is 2.26. The molecule has 0 saturated carbocycles. The van der Waals surface area contributed by atoms with Crippen LogP contribution in [0, 0.1) is 0 Å². The van der Waals surface area contributed by atoms with Gasteiger partial charge in [-0.25, -0.2) is 4.98 Å². The maximum Gasteiger partial charge on any atom is 0.573 e. The highest BCUT2D eigenvalue weighted by Gasteiger charge is 2.33. The molecule has 0 aliphatic carbocycles. The number of ether oxygens (including phenoxy) is 1. The molecule has 5 nitrogen and oxygen atoms in total. The van der Waals surface area contributed by atoms with E-state index >= 15 is 0 Å². The molecule has 1 heterocycles. The molecule has 15 heavy (non-hydrogen) atoms. The molecule has 4 N–H and O–H groups in total. The van der Waals surface area contributed by atoms with Crippen LogP contribution in [0.2, 0.25) is 0 Å². The predicted octanol–water partition coefficient (Wildman–Crippen LogP) is 0.661. The third kappa shape index (κ3) is 3.01. The minimum Gasteiger partial charge on any atom is -0.403 e. The minimum absolute atomic E-state index is 0.0701. The molecule has 0 spiro atoms. The number of anilines is 1. The summed E-state index contributed by atoms with van der Waals surface area (Å²) in [5, 5.41) is 0. The van der Waals surface area contributed by atoms with Gasteiger partial charge in [0.15, 0.2) is 11.4 Å². The van der Waals surface area contributed by atoms with E-state index in [0.29, 0.717) is 0 Å². The first kappa shape index (κ1) is 11.1. The molecule has 82 valence electrons. The van der Waals surface area contributed by atoms with Crippen molar-refractivity contribution in [2.75, 3.05) is 5.73 Å². The molecule has 0 bridgehead atoms. The highest BCUT2D eigenvalue weighted by molar-refractivity contribution is 5.93. The Labute approximate surface area is 81.8 Å². The van der Waals surface area contributed by atoms with E-state index in [0.717, 1.165) is 12.3 Å². The number of halogens is 3. The lowest BCUT2D eigenvalue weighted by molar-refractivity contribution is -0.274. The Morgan fingerprint density at radius 1 is 1.47 bits per heavy atom. The van der Waals surface area contributed by atoms with E-state index in [4.69, 9.17) is 11.5 Å².